The molecular formula is C11H12ClN3O3. The van der Waals surface area contributed by atoms with Gasteiger partial charge in [-0.25, -0.2) is 0 Å². The van der Waals surface area contributed by atoms with Crippen molar-refractivity contribution in [3.63, 3.8) is 0 Å². The standard InChI is InChI=1S/C11H12ClN3O3/c12-9-4-3-8(13-14-9)11(18)15-5-1-2-7(15)6-10(16)17/h3-4,7H,1-2,5-6H2,(H,16,17). The van der Waals surface area contributed by atoms with E-state index in [2.05, 4.69) is 10.2 Å². The maximum Gasteiger partial charge on any atom is 0.305 e. The second-order valence-electron chi connectivity index (χ2n) is 4.13. The summed E-state index contributed by atoms with van der Waals surface area (Å²) in [6.07, 6.45) is 1.48. The second kappa shape index (κ2) is 5.30. The number of amides is 1. The number of halogens is 1. The summed E-state index contributed by atoms with van der Waals surface area (Å²) >= 11 is 5.60. The topological polar surface area (TPSA) is 83.4 Å². The van der Waals surface area contributed by atoms with Crippen LogP contribution >= 0.6 is 11.6 Å². The Kier molecular flexibility index (Phi) is 3.76. The van der Waals surface area contributed by atoms with Crippen LogP contribution < -0.4 is 0 Å². The highest BCUT2D eigenvalue weighted by Gasteiger charge is 2.31. The van der Waals surface area contributed by atoms with Crippen molar-refractivity contribution in [2.24, 2.45) is 0 Å². The van der Waals surface area contributed by atoms with Crippen LogP contribution in [0, 0.1) is 0 Å². The maximum atomic E-state index is 12.1. The quantitative estimate of drug-likeness (QED) is 0.892. The van der Waals surface area contributed by atoms with Gasteiger partial charge in [-0.3, -0.25) is 9.59 Å². The zero-order chi connectivity index (χ0) is 13.1. The van der Waals surface area contributed by atoms with E-state index in [0.29, 0.717) is 13.0 Å². The van der Waals surface area contributed by atoms with Crippen LogP contribution in [0.3, 0.4) is 0 Å². The van der Waals surface area contributed by atoms with E-state index in [1.54, 1.807) is 4.90 Å². The molecule has 1 N–H and O–H groups in total. The van der Waals surface area contributed by atoms with Gasteiger partial charge in [-0.05, 0) is 25.0 Å². The highest BCUT2D eigenvalue weighted by Crippen LogP contribution is 2.22. The number of nitrogens with zero attached hydrogens (tertiary/aromatic N) is 3. The van der Waals surface area contributed by atoms with E-state index < -0.39 is 5.97 Å². The third kappa shape index (κ3) is 2.76. The lowest BCUT2D eigenvalue weighted by molar-refractivity contribution is -0.137. The predicted octanol–water partition coefficient (Wildman–Crippen LogP) is 1.21. The molecule has 1 aliphatic heterocycles. The fraction of sp³-hybridized carbons (Fsp3) is 0.455. The first-order valence-corrected chi connectivity index (χ1v) is 5.97. The van der Waals surface area contributed by atoms with E-state index >= 15 is 0 Å². The van der Waals surface area contributed by atoms with Gasteiger partial charge in [0.05, 0.1) is 6.42 Å². The summed E-state index contributed by atoms with van der Waals surface area (Å²) < 4.78 is 0. The number of carbonyl (C=O) groups is 2. The van der Waals surface area contributed by atoms with Crippen LogP contribution in [-0.4, -0.2) is 44.7 Å². The Balaban J connectivity index is 2.12. The Morgan fingerprint density at radius 1 is 1.44 bits per heavy atom. The van der Waals surface area contributed by atoms with E-state index in [-0.39, 0.29) is 29.2 Å². The third-order valence-corrected chi connectivity index (χ3v) is 3.10. The van der Waals surface area contributed by atoms with Crippen LogP contribution in [0.4, 0.5) is 0 Å². The molecule has 7 heteroatoms. The van der Waals surface area contributed by atoms with E-state index in [1.807, 2.05) is 0 Å². The third-order valence-electron chi connectivity index (χ3n) is 2.90. The normalized spacial score (nSPS) is 18.9. The largest absolute Gasteiger partial charge is 0.481 e. The molecule has 0 spiro atoms. The molecular weight excluding hydrogens is 258 g/mol. The van der Waals surface area contributed by atoms with Gasteiger partial charge in [0.25, 0.3) is 5.91 Å². The van der Waals surface area contributed by atoms with Crippen LogP contribution in [0.15, 0.2) is 12.1 Å². The molecule has 18 heavy (non-hydrogen) atoms. The van der Waals surface area contributed by atoms with Gasteiger partial charge in [0.2, 0.25) is 0 Å². The molecule has 96 valence electrons. The summed E-state index contributed by atoms with van der Waals surface area (Å²) in [6.45, 7) is 0.557. The van der Waals surface area contributed by atoms with Gasteiger partial charge in [-0.15, -0.1) is 10.2 Å². The molecule has 0 saturated carbocycles. The van der Waals surface area contributed by atoms with Crippen molar-refractivity contribution < 1.29 is 14.7 Å². The van der Waals surface area contributed by atoms with Crippen LogP contribution in [0.5, 0.6) is 0 Å². The highest BCUT2D eigenvalue weighted by atomic mass is 35.5. The summed E-state index contributed by atoms with van der Waals surface area (Å²) in [6, 6.07) is 2.73. The van der Waals surface area contributed by atoms with Gasteiger partial charge in [0.15, 0.2) is 10.8 Å². The zero-order valence-corrected chi connectivity index (χ0v) is 10.3. The van der Waals surface area contributed by atoms with E-state index in [1.165, 1.54) is 12.1 Å². The minimum atomic E-state index is -0.901. The summed E-state index contributed by atoms with van der Waals surface area (Å²) in [5.74, 6) is -1.19. The summed E-state index contributed by atoms with van der Waals surface area (Å²) in [5.41, 5.74) is 0.191. The molecule has 0 aliphatic carbocycles. The number of likely N-dealkylation sites (tertiary alicyclic amines) is 1. The van der Waals surface area contributed by atoms with Crippen LogP contribution in [0.1, 0.15) is 29.8 Å². The number of rotatable bonds is 3. The Bertz CT molecular complexity index is 463. The second-order valence-corrected chi connectivity index (χ2v) is 4.52. The Morgan fingerprint density at radius 3 is 2.83 bits per heavy atom. The molecule has 6 nitrogen and oxygen atoms in total. The molecule has 0 radical (unpaired) electrons. The van der Waals surface area contributed by atoms with Gasteiger partial charge in [-0.1, -0.05) is 11.6 Å². The molecule has 2 heterocycles. The van der Waals surface area contributed by atoms with Crippen molar-refractivity contribution in [2.45, 2.75) is 25.3 Å². The van der Waals surface area contributed by atoms with Gasteiger partial charge in [0.1, 0.15) is 0 Å². The zero-order valence-electron chi connectivity index (χ0n) is 9.54. The molecule has 1 saturated heterocycles. The number of carbonyl (C=O) groups excluding carboxylic acids is 1. The number of carboxylic acid groups (broad SMARTS) is 1. The van der Waals surface area contributed by atoms with Crippen molar-refractivity contribution in [3.8, 4) is 0 Å². The van der Waals surface area contributed by atoms with Crippen LogP contribution in [0.25, 0.3) is 0 Å². The van der Waals surface area contributed by atoms with Crippen LogP contribution in [0.2, 0.25) is 5.15 Å². The van der Waals surface area contributed by atoms with E-state index in [0.717, 1.165) is 6.42 Å². The lowest BCUT2D eigenvalue weighted by atomic mass is 10.1. The number of hydrogen-bond acceptors (Lipinski definition) is 4. The SMILES string of the molecule is O=C(O)CC1CCCN1C(=O)c1ccc(Cl)nn1. The van der Waals surface area contributed by atoms with Gasteiger partial charge in [0, 0.05) is 12.6 Å². The molecule has 1 aromatic rings. The smallest absolute Gasteiger partial charge is 0.305 e. The van der Waals surface area contributed by atoms with Gasteiger partial charge >= 0.3 is 5.97 Å². The Morgan fingerprint density at radius 2 is 2.22 bits per heavy atom. The number of carboxylic acids is 1. The lowest BCUT2D eigenvalue weighted by Gasteiger charge is -2.22. The van der Waals surface area contributed by atoms with Crippen molar-refractivity contribution >= 4 is 23.5 Å². The summed E-state index contributed by atoms with van der Waals surface area (Å²) in [4.78, 5) is 24.4. The van der Waals surface area contributed by atoms with E-state index in [4.69, 9.17) is 16.7 Å². The average Bonchev–Trinajstić information content (AvgIpc) is 2.76. The number of hydrogen-bond donors (Lipinski definition) is 1. The first-order chi connectivity index (χ1) is 8.58. The lowest BCUT2D eigenvalue weighted by Crippen LogP contribution is -2.37. The highest BCUT2D eigenvalue weighted by molar-refractivity contribution is 6.29. The van der Waals surface area contributed by atoms with E-state index in [9.17, 15) is 9.59 Å². The fourth-order valence-electron chi connectivity index (χ4n) is 2.09. The number of aliphatic carboxylic acids is 1. The molecule has 1 atom stereocenters. The minimum Gasteiger partial charge on any atom is -0.481 e. The predicted molar refractivity (Wildman–Crippen MR) is 63.4 cm³/mol. The summed E-state index contributed by atoms with van der Waals surface area (Å²) in [5, 5.41) is 16.3. The first kappa shape index (κ1) is 12.8. The monoisotopic (exact) mass is 269 g/mol. The molecule has 1 unspecified atom stereocenters. The van der Waals surface area contributed by atoms with Crippen LogP contribution in [-0.2, 0) is 4.79 Å². The van der Waals surface area contributed by atoms with Gasteiger partial charge in [-0.2, -0.15) is 0 Å². The minimum absolute atomic E-state index is 0.0350. The fourth-order valence-corrected chi connectivity index (χ4v) is 2.19. The molecule has 1 fully saturated rings. The molecule has 1 aliphatic rings. The average molecular weight is 270 g/mol. The van der Waals surface area contributed by atoms with Crippen molar-refractivity contribution in [2.75, 3.05) is 6.54 Å². The Labute approximate surface area is 109 Å². The maximum absolute atomic E-state index is 12.1. The molecule has 2 rings (SSSR count). The van der Waals surface area contributed by atoms with Crippen molar-refractivity contribution in [1.82, 2.24) is 15.1 Å². The van der Waals surface area contributed by atoms with Gasteiger partial charge < -0.3 is 10.0 Å². The van der Waals surface area contributed by atoms with Crippen molar-refractivity contribution in [3.05, 3.63) is 23.0 Å². The number of aromatic nitrogens is 2. The first-order valence-electron chi connectivity index (χ1n) is 5.60. The van der Waals surface area contributed by atoms with Crippen molar-refractivity contribution in [1.29, 1.82) is 0 Å². The molecule has 0 bridgehead atoms. The molecule has 1 amide bonds. The molecule has 1 aromatic heterocycles. The molecule has 0 aromatic carbocycles. The Hall–Kier alpha value is -1.69. The summed E-state index contributed by atoms with van der Waals surface area (Å²) in [7, 11) is 0.